The summed E-state index contributed by atoms with van der Waals surface area (Å²) in [5, 5.41) is 13.4. The maximum atomic E-state index is 12.3. The highest BCUT2D eigenvalue weighted by atomic mass is 32.2. The first-order valence-electron chi connectivity index (χ1n) is 7.77. The molecule has 2 aromatic rings. The molecule has 0 spiro atoms. The molecule has 1 aliphatic rings. The summed E-state index contributed by atoms with van der Waals surface area (Å²) in [6.45, 7) is 0.545. The van der Waals surface area contributed by atoms with Gasteiger partial charge in [0.1, 0.15) is 5.54 Å². The second-order valence-electron chi connectivity index (χ2n) is 5.87. The van der Waals surface area contributed by atoms with Crippen molar-refractivity contribution >= 4 is 34.5 Å². The summed E-state index contributed by atoms with van der Waals surface area (Å²) < 4.78 is 2.03. The van der Waals surface area contributed by atoms with Crippen molar-refractivity contribution in [3.8, 4) is 0 Å². The Morgan fingerprint density at radius 1 is 1.22 bits per heavy atom. The molecule has 0 unspecified atom stereocenters. The van der Waals surface area contributed by atoms with Crippen LogP contribution in [0.25, 0.3) is 10.9 Å². The minimum atomic E-state index is -1.08. The molecule has 0 bridgehead atoms. The van der Waals surface area contributed by atoms with Gasteiger partial charge < -0.3 is 15.0 Å². The minimum Gasteiger partial charge on any atom is -0.480 e. The normalized spacial score (nSPS) is 17.0. The lowest BCUT2D eigenvalue weighted by Crippen LogP contribution is -2.56. The Balaban J connectivity index is 1.64. The van der Waals surface area contributed by atoms with Crippen molar-refractivity contribution in [1.29, 1.82) is 0 Å². The van der Waals surface area contributed by atoms with Crippen molar-refractivity contribution in [2.75, 3.05) is 11.5 Å². The van der Waals surface area contributed by atoms with E-state index in [4.69, 9.17) is 0 Å². The van der Waals surface area contributed by atoms with Gasteiger partial charge in [-0.1, -0.05) is 18.2 Å². The van der Waals surface area contributed by atoms with E-state index in [1.165, 1.54) is 0 Å². The van der Waals surface area contributed by atoms with Gasteiger partial charge in [0.15, 0.2) is 0 Å². The summed E-state index contributed by atoms with van der Waals surface area (Å²) in [7, 11) is 0. The number of benzene rings is 1. The van der Waals surface area contributed by atoms with Crippen LogP contribution in [0.1, 0.15) is 19.3 Å². The maximum absolute atomic E-state index is 12.3. The third kappa shape index (κ3) is 3.37. The molecule has 0 aliphatic carbocycles. The van der Waals surface area contributed by atoms with Gasteiger partial charge in [-0.15, -0.1) is 0 Å². The number of hydrogen-bond donors (Lipinski definition) is 2. The van der Waals surface area contributed by atoms with Gasteiger partial charge in [-0.2, -0.15) is 11.8 Å². The molecule has 23 heavy (non-hydrogen) atoms. The average molecular weight is 332 g/mol. The minimum absolute atomic E-state index is 0.197. The standard InChI is InChI=1S/C17H20N2O3S/c20-15(18-17(16(21)22)7-11-23-12-8-17)6-10-19-9-5-13-3-1-2-4-14(13)19/h1-5,9H,6-8,10-12H2,(H,18,20)(H,21,22). The average Bonchev–Trinajstić information content (AvgIpc) is 2.97. The SMILES string of the molecule is O=C(CCn1ccc2ccccc21)NC1(C(=O)O)CCSCC1. The highest BCUT2D eigenvalue weighted by molar-refractivity contribution is 7.99. The largest absolute Gasteiger partial charge is 0.480 e. The van der Waals surface area contributed by atoms with Gasteiger partial charge in [-0.3, -0.25) is 4.79 Å². The number of aliphatic carboxylic acids is 1. The predicted octanol–water partition coefficient (Wildman–Crippen LogP) is 2.50. The van der Waals surface area contributed by atoms with Crippen LogP contribution in [0.5, 0.6) is 0 Å². The number of carbonyl (C=O) groups excluding carboxylic acids is 1. The lowest BCUT2D eigenvalue weighted by molar-refractivity contribution is -0.148. The van der Waals surface area contributed by atoms with E-state index in [0.29, 0.717) is 19.4 Å². The zero-order chi connectivity index (χ0) is 16.3. The molecule has 0 radical (unpaired) electrons. The fraction of sp³-hybridized carbons (Fsp3) is 0.412. The fourth-order valence-corrected chi connectivity index (χ4v) is 4.19. The number of para-hydroxylation sites is 1. The van der Waals surface area contributed by atoms with Crippen molar-refractivity contribution in [3.63, 3.8) is 0 Å². The molecule has 6 heteroatoms. The summed E-state index contributed by atoms with van der Waals surface area (Å²) >= 11 is 1.74. The monoisotopic (exact) mass is 332 g/mol. The van der Waals surface area contributed by atoms with Gasteiger partial charge in [-0.05, 0) is 41.9 Å². The Hall–Kier alpha value is -1.95. The zero-order valence-corrected chi connectivity index (χ0v) is 13.6. The molecule has 2 N–H and O–H groups in total. The molecule has 1 aromatic carbocycles. The van der Waals surface area contributed by atoms with Gasteiger partial charge in [-0.25, -0.2) is 4.79 Å². The van der Waals surface area contributed by atoms with E-state index in [-0.39, 0.29) is 12.3 Å². The van der Waals surface area contributed by atoms with E-state index in [0.717, 1.165) is 22.4 Å². The van der Waals surface area contributed by atoms with Crippen molar-refractivity contribution in [2.24, 2.45) is 0 Å². The van der Waals surface area contributed by atoms with Crippen LogP contribution in [0.15, 0.2) is 36.5 Å². The van der Waals surface area contributed by atoms with Crippen LogP contribution in [0.3, 0.4) is 0 Å². The predicted molar refractivity (Wildman–Crippen MR) is 91.6 cm³/mol. The number of carboxylic acids is 1. The molecule has 1 aromatic heterocycles. The lowest BCUT2D eigenvalue weighted by atomic mass is 9.92. The van der Waals surface area contributed by atoms with Crippen LogP contribution in [0.4, 0.5) is 0 Å². The zero-order valence-electron chi connectivity index (χ0n) is 12.8. The van der Waals surface area contributed by atoms with Crippen LogP contribution in [0.2, 0.25) is 0 Å². The van der Waals surface area contributed by atoms with E-state index in [1.807, 2.05) is 41.1 Å². The topological polar surface area (TPSA) is 71.3 Å². The number of nitrogens with one attached hydrogen (secondary N) is 1. The van der Waals surface area contributed by atoms with Crippen LogP contribution < -0.4 is 5.32 Å². The molecule has 3 rings (SSSR count). The van der Waals surface area contributed by atoms with Gasteiger partial charge >= 0.3 is 5.97 Å². The quantitative estimate of drug-likeness (QED) is 0.882. The molecule has 1 amide bonds. The first-order valence-corrected chi connectivity index (χ1v) is 8.92. The summed E-state index contributed by atoms with van der Waals surface area (Å²) in [5.74, 6) is 0.429. The third-order valence-corrected chi connectivity index (χ3v) is 5.38. The molecular weight excluding hydrogens is 312 g/mol. The molecule has 122 valence electrons. The molecule has 1 fully saturated rings. The lowest BCUT2D eigenvalue weighted by Gasteiger charge is -2.33. The number of nitrogens with zero attached hydrogens (tertiary/aromatic N) is 1. The second-order valence-corrected chi connectivity index (χ2v) is 7.09. The third-order valence-electron chi connectivity index (χ3n) is 4.39. The van der Waals surface area contributed by atoms with Gasteiger partial charge in [0.2, 0.25) is 5.91 Å². The van der Waals surface area contributed by atoms with E-state index >= 15 is 0 Å². The molecule has 1 aliphatic heterocycles. The fourth-order valence-electron chi connectivity index (χ4n) is 3.00. The molecule has 1 saturated heterocycles. The first-order chi connectivity index (χ1) is 11.1. The number of amides is 1. The first kappa shape index (κ1) is 15.9. The van der Waals surface area contributed by atoms with Gasteiger partial charge in [0.05, 0.1) is 0 Å². The Labute approximate surface area is 139 Å². The number of carboxylic acid groups (broad SMARTS) is 1. The van der Waals surface area contributed by atoms with Gasteiger partial charge in [0.25, 0.3) is 0 Å². The Morgan fingerprint density at radius 2 is 1.96 bits per heavy atom. The van der Waals surface area contributed by atoms with E-state index < -0.39 is 11.5 Å². The maximum Gasteiger partial charge on any atom is 0.329 e. The van der Waals surface area contributed by atoms with Crippen molar-refractivity contribution < 1.29 is 14.7 Å². The number of thioether (sulfide) groups is 1. The second kappa shape index (κ2) is 6.66. The van der Waals surface area contributed by atoms with Crippen LogP contribution in [0, 0.1) is 0 Å². The number of rotatable bonds is 5. The Kier molecular flexibility index (Phi) is 4.61. The molecule has 2 heterocycles. The molecule has 0 atom stereocenters. The number of aromatic nitrogens is 1. The smallest absolute Gasteiger partial charge is 0.329 e. The number of hydrogen-bond acceptors (Lipinski definition) is 3. The molecule has 5 nitrogen and oxygen atoms in total. The summed E-state index contributed by atoms with van der Waals surface area (Å²) in [4.78, 5) is 23.8. The summed E-state index contributed by atoms with van der Waals surface area (Å²) in [5.41, 5.74) is 0.00322. The van der Waals surface area contributed by atoms with Gasteiger partial charge in [0, 0.05) is 24.7 Å². The Bertz CT molecular complexity index is 719. The summed E-state index contributed by atoms with van der Waals surface area (Å²) in [6, 6.07) is 10.0. The highest BCUT2D eigenvalue weighted by Crippen LogP contribution is 2.27. The summed E-state index contributed by atoms with van der Waals surface area (Å²) in [6.07, 6.45) is 3.22. The van der Waals surface area contributed by atoms with E-state index in [1.54, 1.807) is 11.8 Å². The number of aryl methyl sites for hydroxylation is 1. The van der Waals surface area contributed by atoms with Crippen LogP contribution in [-0.4, -0.2) is 38.6 Å². The van der Waals surface area contributed by atoms with Crippen molar-refractivity contribution in [2.45, 2.75) is 31.3 Å². The Morgan fingerprint density at radius 3 is 2.70 bits per heavy atom. The van der Waals surface area contributed by atoms with Crippen molar-refractivity contribution in [1.82, 2.24) is 9.88 Å². The molecular formula is C17H20N2O3S. The number of carbonyl (C=O) groups is 2. The van der Waals surface area contributed by atoms with Crippen LogP contribution in [-0.2, 0) is 16.1 Å². The highest BCUT2D eigenvalue weighted by Gasteiger charge is 2.41. The van der Waals surface area contributed by atoms with E-state index in [2.05, 4.69) is 5.32 Å². The molecule has 0 saturated carbocycles. The number of fused-ring (bicyclic) bond motifs is 1. The van der Waals surface area contributed by atoms with Crippen LogP contribution >= 0.6 is 11.8 Å². The van der Waals surface area contributed by atoms with Crippen molar-refractivity contribution in [3.05, 3.63) is 36.5 Å². The van der Waals surface area contributed by atoms with E-state index in [9.17, 15) is 14.7 Å².